The number of aryl methyl sites for hydroxylation is 1. The van der Waals surface area contributed by atoms with Gasteiger partial charge in [-0.25, -0.2) is 4.79 Å². The van der Waals surface area contributed by atoms with Gasteiger partial charge in [-0.3, -0.25) is 14.9 Å². The molecule has 24 heavy (non-hydrogen) atoms. The zero-order valence-electron chi connectivity index (χ0n) is 12.6. The number of carbonyl (C=O) groups excluding carboxylic acids is 2. The van der Waals surface area contributed by atoms with Gasteiger partial charge in [0, 0.05) is 6.07 Å². The van der Waals surface area contributed by atoms with Crippen LogP contribution < -0.4 is 5.32 Å². The number of nitrogens with one attached hydrogen (secondary N) is 1. The van der Waals surface area contributed by atoms with Crippen molar-refractivity contribution in [1.29, 1.82) is 0 Å². The van der Waals surface area contributed by atoms with E-state index < -0.39 is 23.4 Å². The molecule has 0 saturated carbocycles. The van der Waals surface area contributed by atoms with E-state index in [-0.39, 0.29) is 11.3 Å². The second-order valence-electron chi connectivity index (χ2n) is 4.88. The van der Waals surface area contributed by atoms with Crippen molar-refractivity contribution in [3.05, 3.63) is 68.7 Å². The molecule has 7 nitrogen and oxygen atoms in total. The number of nitrogens with zero attached hydrogens (tertiary/aromatic N) is 1. The van der Waals surface area contributed by atoms with E-state index in [1.165, 1.54) is 24.3 Å². The SMILES string of the molecule is Cc1ccc(NC(=O)COC(=O)c2ccccc2[N+](=O)[O-])c(Cl)c1. The molecule has 0 bridgehead atoms. The van der Waals surface area contributed by atoms with Crippen LogP contribution in [0.1, 0.15) is 15.9 Å². The Balaban J connectivity index is 1.99. The minimum Gasteiger partial charge on any atom is -0.452 e. The van der Waals surface area contributed by atoms with E-state index in [0.717, 1.165) is 5.56 Å². The van der Waals surface area contributed by atoms with Gasteiger partial charge in [-0.15, -0.1) is 0 Å². The van der Waals surface area contributed by atoms with Crippen LogP contribution in [0.25, 0.3) is 0 Å². The third-order valence-corrected chi connectivity index (χ3v) is 3.37. The van der Waals surface area contributed by atoms with Gasteiger partial charge in [-0.1, -0.05) is 29.8 Å². The van der Waals surface area contributed by atoms with Gasteiger partial charge in [-0.05, 0) is 30.7 Å². The Kier molecular flexibility index (Phi) is 5.49. The Morgan fingerprint density at radius 3 is 2.62 bits per heavy atom. The van der Waals surface area contributed by atoms with Crippen molar-refractivity contribution in [1.82, 2.24) is 0 Å². The first-order valence-corrected chi connectivity index (χ1v) is 7.23. The summed E-state index contributed by atoms with van der Waals surface area (Å²) < 4.78 is 4.82. The van der Waals surface area contributed by atoms with Crippen molar-refractivity contribution in [2.24, 2.45) is 0 Å². The zero-order chi connectivity index (χ0) is 17.7. The summed E-state index contributed by atoms with van der Waals surface area (Å²) in [6, 6.07) is 10.4. The lowest BCUT2D eigenvalue weighted by Gasteiger charge is -2.08. The fraction of sp³-hybridized carbons (Fsp3) is 0.125. The maximum absolute atomic E-state index is 11.9. The maximum Gasteiger partial charge on any atom is 0.345 e. The van der Waals surface area contributed by atoms with E-state index in [1.807, 2.05) is 6.92 Å². The maximum atomic E-state index is 11.9. The van der Waals surface area contributed by atoms with Crippen molar-refractivity contribution in [2.45, 2.75) is 6.92 Å². The lowest BCUT2D eigenvalue weighted by atomic mass is 10.2. The number of rotatable bonds is 5. The molecule has 0 fully saturated rings. The van der Waals surface area contributed by atoms with Crippen LogP contribution >= 0.6 is 11.6 Å². The topological polar surface area (TPSA) is 98.5 Å². The number of halogens is 1. The molecule has 2 aromatic carbocycles. The number of esters is 1. The first-order valence-electron chi connectivity index (χ1n) is 6.85. The highest BCUT2D eigenvalue weighted by Gasteiger charge is 2.21. The number of amides is 1. The largest absolute Gasteiger partial charge is 0.452 e. The van der Waals surface area contributed by atoms with Gasteiger partial charge in [0.25, 0.3) is 11.6 Å². The molecule has 1 N–H and O–H groups in total. The fourth-order valence-electron chi connectivity index (χ4n) is 1.92. The molecule has 2 rings (SSSR count). The summed E-state index contributed by atoms with van der Waals surface area (Å²) in [5.74, 6) is -1.56. The van der Waals surface area contributed by atoms with E-state index >= 15 is 0 Å². The molecule has 0 aliphatic rings. The number of hydrogen-bond donors (Lipinski definition) is 1. The van der Waals surface area contributed by atoms with Crippen molar-refractivity contribution < 1.29 is 19.2 Å². The Morgan fingerprint density at radius 1 is 1.25 bits per heavy atom. The molecular formula is C16H13ClN2O5. The Hall–Kier alpha value is -2.93. The number of carbonyl (C=O) groups is 2. The molecule has 2 aromatic rings. The lowest BCUT2D eigenvalue weighted by molar-refractivity contribution is -0.385. The van der Waals surface area contributed by atoms with Gasteiger partial charge in [-0.2, -0.15) is 0 Å². The summed E-state index contributed by atoms with van der Waals surface area (Å²) in [6.07, 6.45) is 0. The number of nitro groups is 1. The quantitative estimate of drug-likeness (QED) is 0.507. The Labute approximate surface area is 142 Å². The van der Waals surface area contributed by atoms with E-state index in [0.29, 0.717) is 10.7 Å². The van der Waals surface area contributed by atoms with E-state index in [9.17, 15) is 19.7 Å². The molecule has 0 radical (unpaired) electrons. The average molecular weight is 349 g/mol. The Bertz CT molecular complexity index is 807. The summed E-state index contributed by atoms with van der Waals surface area (Å²) in [5, 5.41) is 13.7. The molecule has 124 valence electrons. The zero-order valence-corrected chi connectivity index (χ0v) is 13.4. The highest BCUT2D eigenvalue weighted by molar-refractivity contribution is 6.33. The number of hydrogen-bond acceptors (Lipinski definition) is 5. The molecule has 1 amide bonds. The summed E-state index contributed by atoms with van der Waals surface area (Å²) in [6.45, 7) is 1.26. The van der Waals surface area contributed by atoms with Crippen molar-refractivity contribution >= 4 is 34.9 Å². The first-order chi connectivity index (χ1) is 11.4. The first kappa shape index (κ1) is 17.4. The monoisotopic (exact) mass is 348 g/mol. The van der Waals surface area contributed by atoms with Crippen LogP contribution in [-0.4, -0.2) is 23.4 Å². The number of anilines is 1. The van der Waals surface area contributed by atoms with Gasteiger partial charge in [0.15, 0.2) is 6.61 Å². The average Bonchev–Trinajstić information content (AvgIpc) is 2.55. The number of ether oxygens (including phenoxy) is 1. The number of benzene rings is 2. The van der Waals surface area contributed by atoms with Gasteiger partial charge < -0.3 is 10.1 Å². The molecule has 0 atom stereocenters. The van der Waals surface area contributed by atoms with Crippen LogP contribution in [-0.2, 0) is 9.53 Å². The molecular weight excluding hydrogens is 336 g/mol. The molecule has 0 unspecified atom stereocenters. The second kappa shape index (κ2) is 7.56. The molecule has 0 saturated heterocycles. The summed E-state index contributed by atoms with van der Waals surface area (Å²) in [7, 11) is 0. The van der Waals surface area contributed by atoms with Crippen molar-refractivity contribution in [2.75, 3.05) is 11.9 Å². The fourth-order valence-corrected chi connectivity index (χ4v) is 2.20. The van der Waals surface area contributed by atoms with Crippen LogP contribution in [0.3, 0.4) is 0 Å². The predicted molar refractivity (Wildman–Crippen MR) is 88.2 cm³/mol. The van der Waals surface area contributed by atoms with E-state index in [1.54, 1.807) is 18.2 Å². The van der Waals surface area contributed by atoms with Crippen LogP contribution in [0, 0.1) is 17.0 Å². The highest BCUT2D eigenvalue weighted by Crippen LogP contribution is 2.22. The summed E-state index contributed by atoms with van der Waals surface area (Å²) in [4.78, 5) is 33.9. The Morgan fingerprint density at radius 2 is 1.96 bits per heavy atom. The van der Waals surface area contributed by atoms with Crippen LogP contribution in [0.2, 0.25) is 5.02 Å². The smallest absolute Gasteiger partial charge is 0.345 e. The second-order valence-corrected chi connectivity index (χ2v) is 5.29. The summed E-state index contributed by atoms with van der Waals surface area (Å²) >= 11 is 5.99. The number of para-hydroxylation sites is 1. The van der Waals surface area contributed by atoms with Crippen LogP contribution in [0.15, 0.2) is 42.5 Å². The minimum atomic E-state index is -0.951. The number of nitro benzene ring substituents is 1. The molecule has 0 aromatic heterocycles. The molecule has 0 aliphatic heterocycles. The molecule has 8 heteroatoms. The summed E-state index contributed by atoms with van der Waals surface area (Å²) in [5.41, 5.74) is 0.711. The third-order valence-electron chi connectivity index (χ3n) is 3.05. The normalized spacial score (nSPS) is 10.1. The van der Waals surface area contributed by atoms with E-state index in [2.05, 4.69) is 5.32 Å². The third kappa shape index (κ3) is 4.30. The predicted octanol–water partition coefficient (Wildman–Crippen LogP) is 3.35. The molecule has 0 heterocycles. The standard InChI is InChI=1S/C16H13ClN2O5/c1-10-6-7-13(12(17)8-10)18-15(20)9-24-16(21)11-4-2-3-5-14(11)19(22)23/h2-8H,9H2,1H3,(H,18,20). The highest BCUT2D eigenvalue weighted by atomic mass is 35.5. The molecule has 0 spiro atoms. The van der Waals surface area contributed by atoms with Gasteiger partial charge >= 0.3 is 5.97 Å². The lowest BCUT2D eigenvalue weighted by Crippen LogP contribution is -2.21. The van der Waals surface area contributed by atoms with Gasteiger partial charge in [0.05, 0.1) is 15.6 Å². The van der Waals surface area contributed by atoms with Crippen LogP contribution in [0.5, 0.6) is 0 Å². The minimum absolute atomic E-state index is 0.219. The van der Waals surface area contributed by atoms with Crippen molar-refractivity contribution in [3.63, 3.8) is 0 Å². The van der Waals surface area contributed by atoms with Gasteiger partial charge in [0.2, 0.25) is 0 Å². The van der Waals surface area contributed by atoms with Gasteiger partial charge in [0.1, 0.15) is 5.56 Å². The van der Waals surface area contributed by atoms with Crippen LogP contribution in [0.4, 0.5) is 11.4 Å². The van der Waals surface area contributed by atoms with E-state index in [4.69, 9.17) is 16.3 Å². The van der Waals surface area contributed by atoms with Crippen molar-refractivity contribution in [3.8, 4) is 0 Å². The molecule has 0 aliphatic carbocycles.